The van der Waals surface area contributed by atoms with Crippen LogP contribution in [-0.4, -0.2) is 24.9 Å². The number of carbonyl (C=O) groups excluding carboxylic acids is 2. The van der Waals surface area contributed by atoms with Gasteiger partial charge < -0.3 is 10.1 Å². The van der Waals surface area contributed by atoms with E-state index in [0.29, 0.717) is 0 Å². The van der Waals surface area contributed by atoms with Gasteiger partial charge >= 0.3 is 5.97 Å². The van der Waals surface area contributed by atoms with Crippen molar-refractivity contribution in [3.8, 4) is 0 Å². The summed E-state index contributed by atoms with van der Waals surface area (Å²) in [5, 5.41) is 2.14. The predicted octanol–water partition coefficient (Wildman–Crippen LogP) is 0.0281. The van der Waals surface area contributed by atoms with Gasteiger partial charge in [0.15, 0.2) is 0 Å². The van der Waals surface area contributed by atoms with Gasteiger partial charge in [0.1, 0.15) is 11.6 Å². The second-order valence-corrected chi connectivity index (χ2v) is 1.92. The molecule has 0 aliphatic heterocycles. The Morgan fingerprint density at radius 3 is 2.55 bits per heavy atom. The van der Waals surface area contributed by atoms with Crippen molar-refractivity contribution in [2.24, 2.45) is 0 Å². The Kier molecular flexibility index (Phi) is 4.29. The fraction of sp³-hybridized carbons (Fsp3) is 0.333. The molecule has 0 radical (unpaired) electrons. The van der Waals surface area contributed by atoms with Crippen molar-refractivity contribution in [1.82, 2.24) is 5.32 Å². The molecule has 0 aromatic rings. The van der Waals surface area contributed by atoms with E-state index in [1.54, 1.807) is 0 Å². The maximum absolute atomic E-state index is 10.6. The molecule has 0 heterocycles. The fourth-order valence-electron chi connectivity index (χ4n) is 0.376. The summed E-state index contributed by atoms with van der Waals surface area (Å²) in [6, 6.07) is 0. The first-order valence-electron chi connectivity index (χ1n) is 2.74. The minimum absolute atomic E-state index is 0.113. The smallest absolute Gasteiger partial charge is 0.353 e. The monoisotopic (exact) mass is 177 g/mol. The second-order valence-electron chi connectivity index (χ2n) is 1.65. The first kappa shape index (κ1) is 9.97. The second kappa shape index (κ2) is 4.73. The summed E-state index contributed by atoms with van der Waals surface area (Å²) in [6.45, 7) is 3.25. The zero-order chi connectivity index (χ0) is 8.85. The highest BCUT2D eigenvalue weighted by atomic mass is 35.5. The van der Waals surface area contributed by atoms with E-state index < -0.39 is 11.9 Å². The molecular formula is C6H8ClNO3. The highest BCUT2D eigenvalue weighted by molar-refractivity contribution is 6.27. The molecular weight excluding hydrogens is 170 g/mol. The zero-order valence-corrected chi connectivity index (χ0v) is 6.77. The van der Waals surface area contributed by atoms with Gasteiger partial charge in [0, 0.05) is 0 Å². The van der Waals surface area contributed by atoms with E-state index in [1.807, 2.05) is 0 Å². The van der Waals surface area contributed by atoms with Gasteiger partial charge in [0.2, 0.25) is 5.91 Å². The summed E-state index contributed by atoms with van der Waals surface area (Å²) in [5.74, 6) is -1.37. The van der Waals surface area contributed by atoms with Crippen molar-refractivity contribution in [3.05, 3.63) is 12.3 Å². The van der Waals surface area contributed by atoms with Crippen LogP contribution in [0, 0.1) is 0 Å². The summed E-state index contributed by atoms with van der Waals surface area (Å²) >= 11 is 5.14. The first-order valence-corrected chi connectivity index (χ1v) is 3.28. The Hall–Kier alpha value is -1.03. The summed E-state index contributed by atoms with van der Waals surface area (Å²) < 4.78 is 4.26. The SMILES string of the molecule is C=C(NC(=O)CCl)C(=O)OC. The first-order chi connectivity index (χ1) is 5.11. The molecule has 1 N–H and O–H groups in total. The molecule has 1 amide bonds. The number of rotatable bonds is 3. The van der Waals surface area contributed by atoms with E-state index in [0.717, 1.165) is 0 Å². The number of esters is 1. The number of alkyl halides is 1. The third kappa shape index (κ3) is 3.62. The van der Waals surface area contributed by atoms with Gasteiger partial charge in [-0.15, -0.1) is 11.6 Å². The van der Waals surface area contributed by atoms with Crippen LogP contribution in [0.15, 0.2) is 12.3 Å². The van der Waals surface area contributed by atoms with Gasteiger partial charge in [-0.2, -0.15) is 0 Å². The molecule has 4 nitrogen and oxygen atoms in total. The Balaban J connectivity index is 3.88. The molecule has 0 aromatic heterocycles. The summed E-state index contributed by atoms with van der Waals surface area (Å²) in [5.41, 5.74) is -0.113. The third-order valence-electron chi connectivity index (χ3n) is 0.843. The molecule has 0 bridgehead atoms. The average molecular weight is 178 g/mol. The molecule has 0 aliphatic rings. The van der Waals surface area contributed by atoms with Crippen LogP contribution in [0.1, 0.15) is 0 Å². The van der Waals surface area contributed by atoms with Gasteiger partial charge in [-0.05, 0) is 0 Å². The Bertz CT molecular complexity index is 190. The van der Waals surface area contributed by atoms with Crippen LogP contribution >= 0.6 is 11.6 Å². The molecule has 0 spiro atoms. The van der Waals surface area contributed by atoms with E-state index in [9.17, 15) is 9.59 Å². The highest BCUT2D eigenvalue weighted by Gasteiger charge is 2.08. The minimum Gasteiger partial charge on any atom is -0.464 e. The minimum atomic E-state index is -0.677. The molecule has 0 aliphatic carbocycles. The lowest BCUT2D eigenvalue weighted by Crippen LogP contribution is -2.28. The van der Waals surface area contributed by atoms with Crippen LogP contribution in [0.2, 0.25) is 0 Å². The molecule has 11 heavy (non-hydrogen) atoms. The van der Waals surface area contributed by atoms with Gasteiger partial charge in [0.05, 0.1) is 7.11 Å². The number of amides is 1. The quantitative estimate of drug-likeness (QED) is 0.376. The fourth-order valence-corrected chi connectivity index (χ4v) is 0.443. The van der Waals surface area contributed by atoms with E-state index >= 15 is 0 Å². The average Bonchev–Trinajstić information content (AvgIpc) is 2.02. The largest absolute Gasteiger partial charge is 0.464 e. The maximum Gasteiger partial charge on any atom is 0.353 e. The van der Waals surface area contributed by atoms with Crippen LogP contribution in [0.3, 0.4) is 0 Å². The van der Waals surface area contributed by atoms with Gasteiger partial charge in [-0.1, -0.05) is 6.58 Å². The van der Waals surface area contributed by atoms with Crippen molar-refractivity contribution < 1.29 is 14.3 Å². The normalized spacial score (nSPS) is 8.55. The molecule has 62 valence electrons. The van der Waals surface area contributed by atoms with Crippen LogP contribution < -0.4 is 5.32 Å². The number of hydrogen-bond donors (Lipinski definition) is 1. The molecule has 0 saturated carbocycles. The molecule has 0 unspecified atom stereocenters. The predicted molar refractivity (Wildman–Crippen MR) is 40.0 cm³/mol. The van der Waals surface area contributed by atoms with E-state index in [1.165, 1.54) is 7.11 Å². The summed E-state index contributed by atoms with van der Waals surface area (Å²) in [6.07, 6.45) is 0. The molecule has 5 heteroatoms. The lowest BCUT2D eigenvalue weighted by Gasteiger charge is -2.02. The lowest BCUT2D eigenvalue weighted by molar-refractivity contribution is -0.137. The Morgan fingerprint density at radius 1 is 1.64 bits per heavy atom. The van der Waals surface area contributed by atoms with Crippen molar-refractivity contribution in [2.75, 3.05) is 13.0 Å². The van der Waals surface area contributed by atoms with Crippen molar-refractivity contribution in [1.29, 1.82) is 0 Å². The number of hydrogen-bond acceptors (Lipinski definition) is 3. The number of ether oxygens (including phenoxy) is 1. The maximum atomic E-state index is 10.6. The van der Waals surface area contributed by atoms with Crippen molar-refractivity contribution in [2.45, 2.75) is 0 Å². The molecule has 0 saturated heterocycles. The van der Waals surface area contributed by atoms with Crippen molar-refractivity contribution >= 4 is 23.5 Å². The van der Waals surface area contributed by atoms with Crippen molar-refractivity contribution in [3.63, 3.8) is 0 Å². The van der Waals surface area contributed by atoms with Gasteiger partial charge in [0.25, 0.3) is 0 Å². The molecule has 0 rings (SSSR count). The van der Waals surface area contributed by atoms with Crippen LogP contribution in [-0.2, 0) is 14.3 Å². The topological polar surface area (TPSA) is 55.4 Å². The highest BCUT2D eigenvalue weighted by Crippen LogP contribution is 1.88. The van der Waals surface area contributed by atoms with Gasteiger partial charge in [-0.25, -0.2) is 4.79 Å². The van der Waals surface area contributed by atoms with E-state index in [-0.39, 0.29) is 11.6 Å². The summed E-state index contributed by atoms with van der Waals surface area (Å²) in [7, 11) is 1.19. The standard InChI is InChI=1S/C6H8ClNO3/c1-4(6(10)11-2)8-5(9)3-7/h1,3H2,2H3,(H,8,9). The van der Waals surface area contributed by atoms with Gasteiger partial charge in [-0.3, -0.25) is 4.79 Å². The lowest BCUT2D eigenvalue weighted by atomic mass is 10.5. The summed E-state index contributed by atoms with van der Waals surface area (Å²) in [4.78, 5) is 21.1. The number of halogens is 1. The molecule has 0 aromatic carbocycles. The third-order valence-corrected chi connectivity index (χ3v) is 1.09. The zero-order valence-electron chi connectivity index (χ0n) is 6.02. The molecule has 0 atom stereocenters. The van der Waals surface area contributed by atoms with E-state index in [4.69, 9.17) is 11.6 Å². The number of methoxy groups -OCH3 is 1. The Labute approximate surface area is 69.2 Å². The molecule has 0 fully saturated rings. The van der Waals surface area contributed by atoms with E-state index in [2.05, 4.69) is 16.6 Å². The van der Waals surface area contributed by atoms with Crippen LogP contribution in [0.25, 0.3) is 0 Å². The van der Waals surface area contributed by atoms with Crippen LogP contribution in [0.5, 0.6) is 0 Å². The number of nitrogens with one attached hydrogen (secondary N) is 1. The number of carbonyl (C=O) groups is 2. The van der Waals surface area contributed by atoms with Crippen LogP contribution in [0.4, 0.5) is 0 Å². The Morgan fingerprint density at radius 2 is 2.18 bits per heavy atom.